The van der Waals surface area contributed by atoms with E-state index in [0.717, 1.165) is 5.75 Å². The first-order valence-electron chi connectivity index (χ1n) is 11.9. The third-order valence-electron chi connectivity index (χ3n) is 4.18. The Balaban J connectivity index is 1.66. The maximum atomic E-state index is 5.62. The van der Waals surface area contributed by atoms with Crippen LogP contribution in [0, 0.1) is 0 Å². The van der Waals surface area contributed by atoms with Crippen LogP contribution in [-0.2, 0) is 37.9 Å². The summed E-state index contributed by atoms with van der Waals surface area (Å²) in [7, 11) is 0. The van der Waals surface area contributed by atoms with Gasteiger partial charge in [0.2, 0.25) is 0 Å². The average molecular weight is 490 g/mol. The van der Waals surface area contributed by atoms with Crippen LogP contribution in [0.3, 0.4) is 0 Å². The van der Waals surface area contributed by atoms with Crippen LogP contribution >= 0.6 is 0 Å². The summed E-state index contributed by atoms with van der Waals surface area (Å²) >= 11 is 0. The second kappa shape index (κ2) is 24.6. The highest BCUT2D eigenvalue weighted by atomic mass is 16.6. The molecule has 0 saturated heterocycles. The molecule has 0 saturated carbocycles. The molecule has 0 amide bonds. The van der Waals surface area contributed by atoms with Gasteiger partial charge >= 0.3 is 0 Å². The number of anilines is 1. The second-order valence-electron chi connectivity index (χ2n) is 6.90. The van der Waals surface area contributed by atoms with Gasteiger partial charge in [-0.05, 0) is 31.2 Å². The predicted molar refractivity (Wildman–Crippen MR) is 129 cm³/mol. The molecule has 2 N–H and O–H groups in total. The molecule has 0 spiro atoms. The quantitative estimate of drug-likeness (QED) is 0.153. The minimum Gasteiger partial charge on any atom is -0.491 e. The van der Waals surface area contributed by atoms with Crippen LogP contribution in [0.5, 0.6) is 5.75 Å². The smallest absolute Gasteiger partial charge is 0.119 e. The first kappa shape index (κ1) is 30.5. The molecule has 10 heteroatoms. The maximum absolute atomic E-state index is 5.62. The first-order valence-corrected chi connectivity index (χ1v) is 11.9. The highest BCUT2D eigenvalue weighted by molar-refractivity contribution is 5.41. The maximum Gasteiger partial charge on any atom is 0.119 e. The van der Waals surface area contributed by atoms with Gasteiger partial charge in [-0.2, -0.15) is 0 Å². The van der Waals surface area contributed by atoms with E-state index in [2.05, 4.69) is 0 Å². The average Bonchev–Trinajstić information content (AvgIpc) is 2.85. The molecule has 1 rings (SSSR count). The van der Waals surface area contributed by atoms with Crippen LogP contribution < -0.4 is 10.5 Å². The molecule has 0 heterocycles. The van der Waals surface area contributed by atoms with Crippen molar-refractivity contribution in [1.29, 1.82) is 0 Å². The summed E-state index contributed by atoms with van der Waals surface area (Å²) in [6, 6.07) is 7.27. The van der Waals surface area contributed by atoms with E-state index < -0.39 is 0 Å². The minimum atomic E-state index is 0.483. The summed E-state index contributed by atoms with van der Waals surface area (Å²) in [4.78, 5) is 0. The molecule has 10 nitrogen and oxygen atoms in total. The molecule has 0 aliphatic rings. The van der Waals surface area contributed by atoms with E-state index in [-0.39, 0.29) is 0 Å². The van der Waals surface area contributed by atoms with Gasteiger partial charge < -0.3 is 48.4 Å². The van der Waals surface area contributed by atoms with Crippen molar-refractivity contribution in [3.05, 3.63) is 24.3 Å². The fraction of sp³-hybridized carbons (Fsp3) is 0.750. The van der Waals surface area contributed by atoms with Crippen molar-refractivity contribution in [1.82, 2.24) is 0 Å². The Morgan fingerprint density at radius 2 is 0.735 bits per heavy atom. The third-order valence-corrected chi connectivity index (χ3v) is 4.18. The Morgan fingerprint density at radius 1 is 0.441 bits per heavy atom. The molecule has 0 aromatic heterocycles. The zero-order chi connectivity index (χ0) is 24.4. The summed E-state index contributed by atoms with van der Waals surface area (Å²) in [5.74, 6) is 0.777. The number of benzene rings is 1. The van der Waals surface area contributed by atoms with Crippen molar-refractivity contribution >= 4 is 5.69 Å². The molecule has 0 atom stereocenters. The largest absolute Gasteiger partial charge is 0.491 e. The molecule has 0 fully saturated rings. The first-order chi connectivity index (χ1) is 16.8. The van der Waals surface area contributed by atoms with E-state index in [9.17, 15) is 0 Å². The molecular weight excluding hydrogens is 446 g/mol. The van der Waals surface area contributed by atoms with Gasteiger partial charge in [0.15, 0.2) is 0 Å². The number of hydrogen-bond acceptors (Lipinski definition) is 10. The fourth-order valence-electron chi connectivity index (χ4n) is 2.47. The lowest BCUT2D eigenvalue weighted by Gasteiger charge is -2.09. The molecule has 0 radical (unpaired) electrons. The summed E-state index contributed by atoms with van der Waals surface area (Å²) < 4.78 is 48.7. The van der Waals surface area contributed by atoms with Crippen LogP contribution in [0.25, 0.3) is 0 Å². The van der Waals surface area contributed by atoms with Crippen LogP contribution in [0.2, 0.25) is 0 Å². The monoisotopic (exact) mass is 489 g/mol. The van der Waals surface area contributed by atoms with Gasteiger partial charge in [-0.15, -0.1) is 0 Å². The Morgan fingerprint density at radius 3 is 1.06 bits per heavy atom. The van der Waals surface area contributed by atoms with Crippen molar-refractivity contribution in [2.45, 2.75) is 6.92 Å². The molecule has 34 heavy (non-hydrogen) atoms. The van der Waals surface area contributed by atoms with E-state index in [0.29, 0.717) is 118 Å². The van der Waals surface area contributed by atoms with Crippen molar-refractivity contribution < 1.29 is 42.6 Å². The van der Waals surface area contributed by atoms with Gasteiger partial charge in [0.05, 0.1) is 99.1 Å². The standard InChI is InChI=1S/C24H43NO9/c1-2-26-7-8-27-9-10-28-11-12-29-13-14-30-15-16-31-17-18-32-19-20-33-21-22-34-24-5-3-23(25)4-6-24/h3-6H,2,7-22,25H2,1H3. The molecule has 0 bridgehead atoms. The van der Waals surface area contributed by atoms with E-state index >= 15 is 0 Å². The Bertz CT molecular complexity index is 534. The Kier molecular flexibility index (Phi) is 22.1. The van der Waals surface area contributed by atoms with Crippen molar-refractivity contribution in [3.63, 3.8) is 0 Å². The summed E-state index contributed by atoms with van der Waals surface area (Å²) in [6.07, 6.45) is 0. The molecular formula is C24H43NO9. The number of ether oxygens (including phenoxy) is 9. The third kappa shape index (κ3) is 21.1. The normalized spacial score (nSPS) is 11.2. The van der Waals surface area contributed by atoms with E-state index in [1.807, 2.05) is 19.1 Å². The topological polar surface area (TPSA) is 109 Å². The van der Waals surface area contributed by atoms with Crippen LogP contribution in [0.15, 0.2) is 24.3 Å². The van der Waals surface area contributed by atoms with E-state index in [1.54, 1.807) is 12.1 Å². The number of rotatable bonds is 26. The van der Waals surface area contributed by atoms with Gasteiger partial charge in [-0.1, -0.05) is 0 Å². The van der Waals surface area contributed by atoms with Crippen LogP contribution in [0.1, 0.15) is 6.92 Å². The molecule has 0 aliphatic heterocycles. The van der Waals surface area contributed by atoms with Crippen molar-refractivity contribution in [3.8, 4) is 5.75 Å². The lowest BCUT2D eigenvalue weighted by atomic mass is 10.3. The van der Waals surface area contributed by atoms with Gasteiger partial charge in [0.1, 0.15) is 12.4 Å². The highest BCUT2D eigenvalue weighted by Crippen LogP contribution is 2.12. The predicted octanol–water partition coefficient (Wildman–Crippen LogP) is 1.80. The molecule has 1 aromatic carbocycles. The summed E-state index contributed by atoms with van der Waals surface area (Å²) in [5, 5.41) is 0. The minimum absolute atomic E-state index is 0.483. The zero-order valence-electron chi connectivity index (χ0n) is 20.6. The molecule has 0 aliphatic carbocycles. The van der Waals surface area contributed by atoms with E-state index in [1.165, 1.54) is 0 Å². The van der Waals surface area contributed by atoms with E-state index in [4.69, 9.17) is 48.4 Å². The molecule has 1 aromatic rings. The van der Waals surface area contributed by atoms with Crippen LogP contribution in [-0.4, -0.2) is 112 Å². The second-order valence-corrected chi connectivity index (χ2v) is 6.90. The van der Waals surface area contributed by atoms with Gasteiger partial charge in [0, 0.05) is 12.3 Å². The number of nitrogens with two attached hydrogens (primary N) is 1. The molecule has 198 valence electrons. The Hall–Kier alpha value is -1.50. The zero-order valence-corrected chi connectivity index (χ0v) is 20.6. The van der Waals surface area contributed by atoms with Gasteiger partial charge in [-0.3, -0.25) is 0 Å². The Labute approximate surface area is 203 Å². The summed E-state index contributed by atoms with van der Waals surface area (Å²) in [6.45, 7) is 11.3. The number of nitrogen functional groups attached to an aromatic ring is 1. The lowest BCUT2D eigenvalue weighted by Crippen LogP contribution is -2.15. The van der Waals surface area contributed by atoms with Gasteiger partial charge in [-0.25, -0.2) is 0 Å². The van der Waals surface area contributed by atoms with Crippen LogP contribution in [0.4, 0.5) is 5.69 Å². The number of hydrogen-bond donors (Lipinski definition) is 1. The van der Waals surface area contributed by atoms with Crippen molar-refractivity contribution in [2.24, 2.45) is 0 Å². The SMILES string of the molecule is CCOCCOCCOCCOCCOCCOCCOCCOCCOc1ccc(N)cc1. The molecule has 0 unspecified atom stereocenters. The summed E-state index contributed by atoms with van der Waals surface area (Å²) in [5.41, 5.74) is 6.34. The van der Waals surface area contributed by atoms with Crippen molar-refractivity contribution in [2.75, 3.05) is 118 Å². The fourth-order valence-corrected chi connectivity index (χ4v) is 2.47. The highest BCUT2D eigenvalue weighted by Gasteiger charge is 1.96. The van der Waals surface area contributed by atoms with Gasteiger partial charge in [0.25, 0.3) is 0 Å². The lowest BCUT2D eigenvalue weighted by molar-refractivity contribution is -0.0233.